The van der Waals surface area contributed by atoms with Crippen molar-refractivity contribution in [1.82, 2.24) is 9.55 Å². The fourth-order valence-corrected chi connectivity index (χ4v) is 3.39. The molecule has 10 heteroatoms. The molecule has 4 rings (SSSR count). The Bertz CT molecular complexity index is 929. The minimum Gasteiger partial charge on any atom is -0.473 e. The minimum atomic E-state index is -1.55. The first-order valence-corrected chi connectivity index (χ1v) is 8.40. The summed E-state index contributed by atoms with van der Waals surface area (Å²) < 4.78 is 52.0. The summed E-state index contributed by atoms with van der Waals surface area (Å²) in [7, 11) is 0. The zero-order valence-electron chi connectivity index (χ0n) is 14.3. The average Bonchev–Trinajstić information content (AvgIpc) is 2.63. The second kappa shape index (κ2) is 6.54. The SMILES string of the molecule is N[C@@]12CCn3c(cc(OCc4cc(F)c(F)c(F)c4)nc3=O)N1CCOC2. The van der Waals surface area contributed by atoms with Gasteiger partial charge in [0.2, 0.25) is 5.88 Å². The Morgan fingerprint density at radius 2 is 1.96 bits per heavy atom. The van der Waals surface area contributed by atoms with Crippen LogP contribution in [-0.4, -0.2) is 35.0 Å². The lowest BCUT2D eigenvalue weighted by molar-refractivity contribution is 0.0394. The average molecular weight is 382 g/mol. The summed E-state index contributed by atoms with van der Waals surface area (Å²) in [5.41, 5.74) is 5.25. The fourth-order valence-electron chi connectivity index (χ4n) is 3.39. The Morgan fingerprint density at radius 1 is 1.22 bits per heavy atom. The lowest BCUT2D eigenvalue weighted by Gasteiger charge is -2.49. The predicted octanol–water partition coefficient (Wildman–Crippen LogP) is 1.13. The first-order valence-electron chi connectivity index (χ1n) is 8.40. The predicted molar refractivity (Wildman–Crippen MR) is 88.8 cm³/mol. The van der Waals surface area contributed by atoms with Gasteiger partial charge < -0.3 is 20.1 Å². The Balaban J connectivity index is 1.61. The molecule has 3 heterocycles. The molecule has 1 atom stereocenters. The van der Waals surface area contributed by atoms with Crippen LogP contribution >= 0.6 is 0 Å². The summed E-state index contributed by atoms with van der Waals surface area (Å²) >= 11 is 0. The molecule has 0 amide bonds. The number of morpholine rings is 1. The number of fused-ring (bicyclic) bond motifs is 3. The van der Waals surface area contributed by atoms with E-state index < -0.39 is 28.8 Å². The van der Waals surface area contributed by atoms with Crippen molar-refractivity contribution >= 4 is 5.82 Å². The third-order valence-corrected chi connectivity index (χ3v) is 4.79. The molecule has 0 radical (unpaired) electrons. The van der Waals surface area contributed by atoms with Gasteiger partial charge in [0, 0.05) is 25.6 Å². The molecule has 1 fully saturated rings. The van der Waals surface area contributed by atoms with Gasteiger partial charge in [0.05, 0.1) is 13.2 Å². The van der Waals surface area contributed by atoms with Gasteiger partial charge in [0.1, 0.15) is 18.1 Å². The van der Waals surface area contributed by atoms with Crippen LogP contribution < -0.4 is 21.1 Å². The van der Waals surface area contributed by atoms with E-state index in [9.17, 15) is 18.0 Å². The second-order valence-corrected chi connectivity index (χ2v) is 6.61. The highest BCUT2D eigenvalue weighted by Crippen LogP contribution is 2.32. The third-order valence-electron chi connectivity index (χ3n) is 4.79. The summed E-state index contributed by atoms with van der Waals surface area (Å²) in [6, 6.07) is 3.22. The Kier molecular flexibility index (Phi) is 4.31. The standard InChI is InChI=1S/C17H17F3N4O3/c18-11-5-10(6-12(19)15(11)20)8-27-13-7-14-23(16(25)22-13)2-1-17(21)9-26-4-3-24(14)17/h5-7H,1-4,8-9,21H2/t17-/m0/s1. The van der Waals surface area contributed by atoms with E-state index in [0.717, 1.165) is 12.1 Å². The fraction of sp³-hybridized carbons (Fsp3) is 0.412. The van der Waals surface area contributed by atoms with Crippen molar-refractivity contribution in [2.24, 2.45) is 5.73 Å². The highest BCUT2D eigenvalue weighted by molar-refractivity contribution is 5.47. The molecule has 0 spiro atoms. The van der Waals surface area contributed by atoms with Gasteiger partial charge in [-0.1, -0.05) is 0 Å². The summed E-state index contributed by atoms with van der Waals surface area (Å²) in [6.07, 6.45) is 0.538. The number of ether oxygens (including phenoxy) is 2. The third kappa shape index (κ3) is 3.15. The smallest absolute Gasteiger partial charge is 0.352 e. The molecule has 2 aromatic rings. The van der Waals surface area contributed by atoms with E-state index in [2.05, 4.69) is 4.98 Å². The van der Waals surface area contributed by atoms with Crippen LogP contribution in [0.3, 0.4) is 0 Å². The molecule has 0 aliphatic carbocycles. The normalized spacial score (nSPS) is 21.6. The van der Waals surface area contributed by atoms with Crippen molar-refractivity contribution in [1.29, 1.82) is 0 Å². The van der Waals surface area contributed by atoms with Crippen molar-refractivity contribution in [2.45, 2.75) is 25.2 Å². The highest BCUT2D eigenvalue weighted by Gasteiger charge is 2.41. The second-order valence-electron chi connectivity index (χ2n) is 6.61. The molecule has 144 valence electrons. The van der Waals surface area contributed by atoms with E-state index in [1.54, 1.807) is 6.07 Å². The quantitative estimate of drug-likeness (QED) is 0.802. The molecule has 7 nitrogen and oxygen atoms in total. The Hall–Kier alpha value is -2.59. The molecule has 27 heavy (non-hydrogen) atoms. The maximum atomic E-state index is 13.3. The van der Waals surface area contributed by atoms with Crippen molar-refractivity contribution in [2.75, 3.05) is 24.7 Å². The largest absolute Gasteiger partial charge is 0.473 e. The molecule has 2 aliphatic rings. The van der Waals surface area contributed by atoms with Crippen LogP contribution in [0, 0.1) is 17.5 Å². The van der Waals surface area contributed by atoms with Crippen molar-refractivity contribution in [3.05, 3.63) is 51.7 Å². The van der Waals surface area contributed by atoms with Crippen molar-refractivity contribution in [3.63, 3.8) is 0 Å². The molecule has 0 bridgehead atoms. The molecular formula is C17H17F3N4O3. The number of halogens is 3. The van der Waals surface area contributed by atoms with Crippen molar-refractivity contribution < 1.29 is 22.6 Å². The molecule has 0 saturated carbocycles. The lowest BCUT2D eigenvalue weighted by Crippen LogP contribution is -2.66. The maximum absolute atomic E-state index is 13.3. The first-order chi connectivity index (χ1) is 12.9. The monoisotopic (exact) mass is 382 g/mol. The number of aromatic nitrogens is 2. The van der Waals surface area contributed by atoms with Crippen LogP contribution in [0.25, 0.3) is 0 Å². The molecule has 1 aromatic heterocycles. The van der Waals surface area contributed by atoms with Gasteiger partial charge in [-0.3, -0.25) is 4.57 Å². The summed E-state index contributed by atoms with van der Waals surface area (Å²) in [5.74, 6) is -3.62. The summed E-state index contributed by atoms with van der Waals surface area (Å²) in [4.78, 5) is 18.1. The van der Waals surface area contributed by atoms with Gasteiger partial charge in [-0.25, -0.2) is 18.0 Å². The number of benzene rings is 1. The van der Waals surface area contributed by atoms with Crippen LogP contribution in [0.15, 0.2) is 23.0 Å². The zero-order valence-corrected chi connectivity index (χ0v) is 14.3. The maximum Gasteiger partial charge on any atom is 0.352 e. The molecule has 1 saturated heterocycles. The van der Waals surface area contributed by atoms with E-state index in [0.29, 0.717) is 38.5 Å². The topological polar surface area (TPSA) is 82.6 Å². The molecule has 1 aromatic carbocycles. The van der Waals surface area contributed by atoms with Gasteiger partial charge in [-0.05, 0) is 17.7 Å². The van der Waals surface area contributed by atoms with Crippen LogP contribution in [-0.2, 0) is 17.9 Å². The van der Waals surface area contributed by atoms with Crippen LogP contribution in [0.4, 0.5) is 19.0 Å². The van der Waals surface area contributed by atoms with E-state index in [1.807, 2.05) is 4.90 Å². The number of nitrogens with two attached hydrogens (primary N) is 1. The van der Waals surface area contributed by atoms with E-state index in [4.69, 9.17) is 15.2 Å². The number of hydrogen-bond donors (Lipinski definition) is 1. The Morgan fingerprint density at radius 3 is 2.70 bits per heavy atom. The van der Waals surface area contributed by atoms with E-state index in [-0.39, 0.29) is 18.1 Å². The molecular weight excluding hydrogens is 365 g/mol. The summed E-state index contributed by atoms with van der Waals surface area (Å²) in [5, 5.41) is 0. The number of hydrogen-bond acceptors (Lipinski definition) is 6. The van der Waals surface area contributed by atoms with Crippen LogP contribution in [0.1, 0.15) is 12.0 Å². The lowest BCUT2D eigenvalue weighted by atomic mass is 10.0. The number of anilines is 1. The van der Waals surface area contributed by atoms with Gasteiger partial charge in [0.15, 0.2) is 17.5 Å². The van der Waals surface area contributed by atoms with Crippen LogP contribution in [0.5, 0.6) is 5.88 Å². The molecule has 2 N–H and O–H groups in total. The first kappa shape index (κ1) is 17.8. The zero-order chi connectivity index (χ0) is 19.2. The Labute approximate surface area is 152 Å². The minimum absolute atomic E-state index is 0.00728. The van der Waals surface area contributed by atoms with E-state index >= 15 is 0 Å². The van der Waals surface area contributed by atoms with Crippen molar-refractivity contribution in [3.8, 4) is 5.88 Å². The number of nitrogens with zero attached hydrogens (tertiary/aromatic N) is 3. The van der Waals surface area contributed by atoms with Gasteiger partial charge in [0.25, 0.3) is 0 Å². The number of rotatable bonds is 3. The van der Waals surface area contributed by atoms with Gasteiger partial charge in [-0.2, -0.15) is 4.98 Å². The molecule has 2 aliphatic heterocycles. The highest BCUT2D eigenvalue weighted by atomic mass is 19.2. The van der Waals surface area contributed by atoms with Gasteiger partial charge >= 0.3 is 5.69 Å². The summed E-state index contributed by atoms with van der Waals surface area (Å²) in [6.45, 7) is 1.44. The molecule has 0 unspecified atom stereocenters. The van der Waals surface area contributed by atoms with Gasteiger partial charge in [-0.15, -0.1) is 0 Å². The van der Waals surface area contributed by atoms with E-state index in [1.165, 1.54) is 4.57 Å². The van der Waals surface area contributed by atoms with Crippen LogP contribution in [0.2, 0.25) is 0 Å².